The summed E-state index contributed by atoms with van der Waals surface area (Å²) >= 11 is 0. The number of rotatable bonds is 7. The van der Waals surface area contributed by atoms with E-state index in [2.05, 4.69) is 17.2 Å². The maximum absolute atomic E-state index is 5.43. The highest BCUT2D eigenvalue weighted by atomic mass is 16.5. The van der Waals surface area contributed by atoms with Gasteiger partial charge in [0.2, 0.25) is 5.88 Å². The molecule has 1 heterocycles. The minimum absolute atomic E-state index is 0.239. The molecule has 0 bridgehead atoms. The second-order valence-corrected chi connectivity index (χ2v) is 3.49. The molecule has 16 heavy (non-hydrogen) atoms. The summed E-state index contributed by atoms with van der Waals surface area (Å²) in [5.74, 6) is 0.647. The third kappa shape index (κ3) is 4.06. The van der Waals surface area contributed by atoms with Crippen LogP contribution in [0.2, 0.25) is 0 Å². The summed E-state index contributed by atoms with van der Waals surface area (Å²) in [6.07, 6.45) is 1.73. The van der Waals surface area contributed by atoms with Crippen LogP contribution in [-0.2, 0) is 4.74 Å². The van der Waals surface area contributed by atoms with Crippen molar-refractivity contribution >= 4 is 5.69 Å². The van der Waals surface area contributed by atoms with Gasteiger partial charge < -0.3 is 14.8 Å². The Balaban J connectivity index is 2.57. The zero-order valence-electron chi connectivity index (χ0n) is 10.2. The van der Waals surface area contributed by atoms with Crippen molar-refractivity contribution in [3.63, 3.8) is 0 Å². The number of pyridine rings is 1. The van der Waals surface area contributed by atoms with Crippen molar-refractivity contribution in [3.05, 3.63) is 18.3 Å². The van der Waals surface area contributed by atoms with Crippen molar-refractivity contribution in [1.29, 1.82) is 0 Å². The molecule has 0 aromatic carbocycles. The maximum Gasteiger partial charge on any atom is 0.237 e. The van der Waals surface area contributed by atoms with Crippen LogP contribution in [0.25, 0.3) is 0 Å². The average Bonchev–Trinajstić information content (AvgIpc) is 2.29. The van der Waals surface area contributed by atoms with Crippen molar-refractivity contribution in [2.45, 2.75) is 26.8 Å². The van der Waals surface area contributed by atoms with Crippen molar-refractivity contribution < 1.29 is 9.47 Å². The Hall–Kier alpha value is -1.29. The first-order valence-electron chi connectivity index (χ1n) is 5.70. The van der Waals surface area contributed by atoms with E-state index in [4.69, 9.17) is 9.47 Å². The zero-order chi connectivity index (χ0) is 11.8. The summed E-state index contributed by atoms with van der Waals surface area (Å²) < 4.78 is 10.8. The Morgan fingerprint density at radius 1 is 1.38 bits per heavy atom. The molecule has 0 saturated heterocycles. The van der Waals surface area contributed by atoms with E-state index in [0.29, 0.717) is 19.1 Å². The lowest BCUT2D eigenvalue weighted by Gasteiger charge is -2.16. The molecule has 0 radical (unpaired) electrons. The van der Waals surface area contributed by atoms with Crippen molar-refractivity contribution in [2.75, 3.05) is 25.1 Å². The number of hydrogen-bond acceptors (Lipinski definition) is 4. The second-order valence-electron chi connectivity index (χ2n) is 3.49. The van der Waals surface area contributed by atoms with Gasteiger partial charge in [-0.1, -0.05) is 0 Å². The Labute approximate surface area is 97.0 Å². The van der Waals surface area contributed by atoms with E-state index >= 15 is 0 Å². The van der Waals surface area contributed by atoms with Gasteiger partial charge in [-0.15, -0.1) is 0 Å². The van der Waals surface area contributed by atoms with Crippen LogP contribution in [0.1, 0.15) is 20.8 Å². The molecule has 4 nitrogen and oxygen atoms in total. The fraction of sp³-hybridized carbons (Fsp3) is 0.583. The SMILES string of the molecule is CCOCC(C)Nc1cccnc1OCC. The maximum atomic E-state index is 5.43. The lowest BCUT2D eigenvalue weighted by Crippen LogP contribution is -2.22. The van der Waals surface area contributed by atoms with E-state index in [0.717, 1.165) is 12.3 Å². The Bertz CT molecular complexity index is 305. The van der Waals surface area contributed by atoms with E-state index in [1.807, 2.05) is 26.0 Å². The summed E-state index contributed by atoms with van der Waals surface area (Å²) in [7, 11) is 0. The lowest BCUT2D eigenvalue weighted by molar-refractivity contribution is 0.141. The van der Waals surface area contributed by atoms with E-state index in [9.17, 15) is 0 Å². The number of hydrogen-bond donors (Lipinski definition) is 1. The van der Waals surface area contributed by atoms with Crippen molar-refractivity contribution in [1.82, 2.24) is 4.98 Å². The van der Waals surface area contributed by atoms with Crippen LogP contribution in [0.4, 0.5) is 5.69 Å². The predicted molar refractivity (Wildman–Crippen MR) is 65.0 cm³/mol. The van der Waals surface area contributed by atoms with Gasteiger partial charge in [-0.2, -0.15) is 0 Å². The third-order valence-electron chi connectivity index (χ3n) is 2.03. The van der Waals surface area contributed by atoms with Crippen LogP contribution < -0.4 is 10.1 Å². The first kappa shape index (κ1) is 12.8. The zero-order valence-corrected chi connectivity index (χ0v) is 10.2. The molecule has 0 spiro atoms. The average molecular weight is 224 g/mol. The van der Waals surface area contributed by atoms with Crippen LogP contribution in [0, 0.1) is 0 Å². The Morgan fingerprint density at radius 3 is 2.88 bits per heavy atom. The van der Waals surface area contributed by atoms with Gasteiger partial charge in [-0.25, -0.2) is 4.98 Å². The van der Waals surface area contributed by atoms with E-state index in [1.165, 1.54) is 0 Å². The smallest absolute Gasteiger partial charge is 0.237 e. The minimum Gasteiger partial charge on any atom is -0.476 e. The van der Waals surface area contributed by atoms with Gasteiger partial charge in [0.15, 0.2) is 0 Å². The third-order valence-corrected chi connectivity index (χ3v) is 2.03. The predicted octanol–water partition coefficient (Wildman–Crippen LogP) is 2.32. The normalized spacial score (nSPS) is 12.2. The van der Waals surface area contributed by atoms with Gasteiger partial charge in [-0.05, 0) is 32.9 Å². The molecule has 1 rings (SSSR count). The highest BCUT2D eigenvalue weighted by molar-refractivity contribution is 5.52. The molecule has 90 valence electrons. The Morgan fingerprint density at radius 2 is 2.19 bits per heavy atom. The quantitative estimate of drug-likeness (QED) is 0.772. The van der Waals surface area contributed by atoms with Crippen molar-refractivity contribution in [2.24, 2.45) is 0 Å². The van der Waals surface area contributed by atoms with Gasteiger partial charge >= 0.3 is 0 Å². The van der Waals surface area contributed by atoms with Gasteiger partial charge in [0.1, 0.15) is 0 Å². The lowest BCUT2D eigenvalue weighted by atomic mass is 10.3. The van der Waals surface area contributed by atoms with E-state index in [-0.39, 0.29) is 6.04 Å². The first-order valence-corrected chi connectivity index (χ1v) is 5.70. The van der Waals surface area contributed by atoms with Gasteiger partial charge in [0, 0.05) is 18.8 Å². The molecular weight excluding hydrogens is 204 g/mol. The van der Waals surface area contributed by atoms with Crippen LogP contribution >= 0.6 is 0 Å². The molecule has 1 aromatic rings. The largest absolute Gasteiger partial charge is 0.476 e. The molecular formula is C12H20N2O2. The summed E-state index contributed by atoms with van der Waals surface area (Å²) in [6.45, 7) is 8.03. The number of anilines is 1. The molecule has 0 saturated carbocycles. The first-order chi connectivity index (χ1) is 7.77. The standard InChI is InChI=1S/C12H20N2O2/c1-4-15-9-10(3)14-11-7-6-8-13-12(11)16-5-2/h6-8,10,14H,4-5,9H2,1-3H3. The summed E-state index contributed by atoms with van der Waals surface area (Å²) in [6, 6.07) is 4.09. The highest BCUT2D eigenvalue weighted by Crippen LogP contribution is 2.21. The molecule has 0 aliphatic carbocycles. The topological polar surface area (TPSA) is 43.4 Å². The molecule has 1 N–H and O–H groups in total. The fourth-order valence-corrected chi connectivity index (χ4v) is 1.35. The van der Waals surface area contributed by atoms with Crippen LogP contribution in [0.5, 0.6) is 5.88 Å². The number of nitrogens with zero attached hydrogens (tertiary/aromatic N) is 1. The van der Waals surface area contributed by atoms with Crippen molar-refractivity contribution in [3.8, 4) is 5.88 Å². The van der Waals surface area contributed by atoms with Gasteiger partial charge in [-0.3, -0.25) is 0 Å². The van der Waals surface area contributed by atoms with E-state index < -0.39 is 0 Å². The van der Waals surface area contributed by atoms with Crippen LogP contribution in [0.15, 0.2) is 18.3 Å². The second kappa shape index (κ2) is 7.06. The molecule has 1 aromatic heterocycles. The molecule has 1 atom stereocenters. The number of aromatic nitrogens is 1. The van der Waals surface area contributed by atoms with E-state index in [1.54, 1.807) is 6.20 Å². The highest BCUT2D eigenvalue weighted by Gasteiger charge is 2.07. The molecule has 0 aliphatic rings. The number of nitrogens with one attached hydrogen (secondary N) is 1. The monoisotopic (exact) mass is 224 g/mol. The van der Waals surface area contributed by atoms with Gasteiger partial charge in [0.25, 0.3) is 0 Å². The minimum atomic E-state index is 0.239. The molecule has 0 fully saturated rings. The van der Waals surface area contributed by atoms with Crippen LogP contribution in [0.3, 0.4) is 0 Å². The molecule has 4 heteroatoms. The summed E-state index contributed by atoms with van der Waals surface area (Å²) in [5, 5.41) is 3.32. The molecule has 0 amide bonds. The number of ether oxygens (including phenoxy) is 2. The fourth-order valence-electron chi connectivity index (χ4n) is 1.35. The Kier molecular flexibility index (Phi) is 5.64. The molecule has 0 aliphatic heterocycles. The summed E-state index contributed by atoms with van der Waals surface area (Å²) in [5.41, 5.74) is 0.913. The van der Waals surface area contributed by atoms with Gasteiger partial charge in [0.05, 0.1) is 18.9 Å². The van der Waals surface area contributed by atoms with Crippen LogP contribution in [-0.4, -0.2) is 30.8 Å². The summed E-state index contributed by atoms with van der Waals surface area (Å²) in [4.78, 5) is 4.18. The molecule has 1 unspecified atom stereocenters.